The lowest BCUT2D eigenvalue weighted by atomic mass is 10.0. The van der Waals surface area contributed by atoms with Crippen LogP contribution >= 0.6 is 0 Å². The summed E-state index contributed by atoms with van der Waals surface area (Å²) >= 11 is 0. The number of nitrogens with zero attached hydrogens (tertiary/aromatic N) is 4. The van der Waals surface area contributed by atoms with Gasteiger partial charge in [-0.2, -0.15) is 0 Å². The van der Waals surface area contributed by atoms with Crippen LogP contribution in [-0.4, -0.2) is 70.9 Å². The number of morpholine rings is 1. The van der Waals surface area contributed by atoms with Crippen molar-refractivity contribution in [1.82, 2.24) is 24.3 Å². The zero-order valence-corrected chi connectivity index (χ0v) is 24.2. The molecule has 1 saturated heterocycles. The number of halogens is 1. The Balaban J connectivity index is 1.24. The van der Waals surface area contributed by atoms with Gasteiger partial charge in [0.15, 0.2) is 17.3 Å². The molecule has 5 aromatic rings. The molecule has 7 rings (SSSR count). The molecule has 11 heteroatoms. The smallest absolute Gasteiger partial charge is 0.256 e. The van der Waals surface area contributed by atoms with E-state index in [1.807, 2.05) is 47.2 Å². The van der Waals surface area contributed by atoms with E-state index in [4.69, 9.17) is 9.47 Å². The maximum Gasteiger partial charge on any atom is 0.256 e. The molecule has 1 fully saturated rings. The summed E-state index contributed by atoms with van der Waals surface area (Å²) in [6, 6.07) is 12.9. The number of carbonyl (C=O) groups excluding carboxylic acids is 1. The van der Waals surface area contributed by atoms with E-state index in [9.17, 15) is 9.59 Å². The first kappa shape index (κ1) is 28.1. The zero-order chi connectivity index (χ0) is 30.0. The van der Waals surface area contributed by atoms with Crippen LogP contribution < -0.4 is 20.8 Å². The summed E-state index contributed by atoms with van der Waals surface area (Å²) in [6.07, 6.45) is 8.27. The van der Waals surface area contributed by atoms with E-state index in [0.29, 0.717) is 43.0 Å². The van der Waals surface area contributed by atoms with Crippen molar-refractivity contribution in [2.45, 2.75) is 19.4 Å². The van der Waals surface area contributed by atoms with Crippen molar-refractivity contribution in [3.05, 3.63) is 89.0 Å². The largest absolute Gasteiger partial charge is 0.451 e. The molecule has 4 heterocycles. The number of benzene rings is 3. The molecule has 0 saturated carbocycles. The first-order chi connectivity index (χ1) is 21.6. The third-order valence-electron chi connectivity index (χ3n) is 8.23. The van der Waals surface area contributed by atoms with Crippen LogP contribution in [-0.2, 0) is 11.3 Å². The SMILES string of the molecule is O=C(NCCCn1ccnc1)c1cn2c3c(c(NCCCN4CCOCC4)c(F)cc3c1=O)Oc1cc3ccccc3cc1-2. The van der Waals surface area contributed by atoms with Crippen LogP contribution in [0, 0.1) is 5.82 Å². The summed E-state index contributed by atoms with van der Waals surface area (Å²) in [5, 5.41) is 8.11. The second-order valence-electron chi connectivity index (χ2n) is 11.1. The maximum absolute atomic E-state index is 15.8. The van der Waals surface area contributed by atoms with Crippen molar-refractivity contribution in [2.75, 3.05) is 51.3 Å². The number of rotatable bonds is 10. The second kappa shape index (κ2) is 12.1. The van der Waals surface area contributed by atoms with Gasteiger partial charge in [0.25, 0.3) is 5.91 Å². The highest BCUT2D eigenvalue weighted by molar-refractivity contribution is 6.02. The van der Waals surface area contributed by atoms with Gasteiger partial charge in [-0.25, -0.2) is 9.37 Å². The molecule has 44 heavy (non-hydrogen) atoms. The number of aromatic nitrogens is 3. The molecule has 0 spiro atoms. The van der Waals surface area contributed by atoms with Crippen LogP contribution in [0.3, 0.4) is 0 Å². The van der Waals surface area contributed by atoms with Crippen molar-refractivity contribution in [3.8, 4) is 17.2 Å². The molecule has 0 bridgehead atoms. The molecule has 3 aromatic carbocycles. The summed E-state index contributed by atoms with van der Waals surface area (Å²) in [5.41, 5.74) is 0.683. The fraction of sp³-hybridized carbons (Fsp3) is 0.303. The van der Waals surface area contributed by atoms with Crippen molar-refractivity contribution < 1.29 is 18.7 Å². The van der Waals surface area contributed by atoms with E-state index in [2.05, 4.69) is 20.5 Å². The molecule has 0 aliphatic carbocycles. The standard InChI is InChI=1S/C33H33FN6O4/c34-26-19-24-30-32(29(26)36-7-3-10-38-13-15-43-16-14-38)44-28-18-23-6-2-1-5-22(23)17-27(28)40(30)20-25(31(24)41)33(42)37-8-4-11-39-12-9-35-21-39/h1-2,5-6,9,12,17-21,36H,3-4,7-8,10-11,13-16H2,(H,37,42). The van der Waals surface area contributed by atoms with Gasteiger partial charge in [0.2, 0.25) is 5.43 Å². The lowest BCUT2D eigenvalue weighted by molar-refractivity contribution is 0.0378. The third kappa shape index (κ3) is 5.40. The molecule has 1 amide bonds. The summed E-state index contributed by atoms with van der Waals surface area (Å²) in [6.45, 7) is 5.64. The highest BCUT2D eigenvalue weighted by Gasteiger charge is 2.29. The Morgan fingerprint density at radius 2 is 1.82 bits per heavy atom. The van der Waals surface area contributed by atoms with Gasteiger partial charge in [-0.1, -0.05) is 24.3 Å². The number of hydrogen-bond donors (Lipinski definition) is 2. The minimum atomic E-state index is -0.607. The quantitative estimate of drug-likeness (QED) is 0.224. The summed E-state index contributed by atoms with van der Waals surface area (Å²) in [4.78, 5) is 33.4. The van der Waals surface area contributed by atoms with Crippen LogP contribution in [0.5, 0.6) is 11.5 Å². The number of imidazole rings is 1. The predicted octanol–water partition coefficient (Wildman–Crippen LogP) is 4.54. The summed E-state index contributed by atoms with van der Waals surface area (Å²) in [7, 11) is 0. The van der Waals surface area contributed by atoms with Crippen molar-refractivity contribution in [3.63, 3.8) is 0 Å². The Morgan fingerprint density at radius 1 is 1.02 bits per heavy atom. The molecule has 2 aliphatic heterocycles. The van der Waals surface area contributed by atoms with Crippen LogP contribution in [0.2, 0.25) is 0 Å². The lowest BCUT2D eigenvalue weighted by Crippen LogP contribution is -2.37. The molecule has 0 radical (unpaired) electrons. The molecular formula is C33H33FN6O4. The van der Waals surface area contributed by atoms with Crippen molar-refractivity contribution >= 4 is 33.3 Å². The number of fused-ring (bicyclic) bond motifs is 3. The predicted molar refractivity (Wildman–Crippen MR) is 167 cm³/mol. The number of aryl methyl sites for hydroxylation is 1. The van der Waals surface area contributed by atoms with Gasteiger partial charge in [-0.05, 0) is 48.4 Å². The Kier molecular flexibility index (Phi) is 7.71. The molecule has 0 atom stereocenters. The lowest BCUT2D eigenvalue weighted by Gasteiger charge is -2.28. The number of carbonyl (C=O) groups is 1. The number of ether oxygens (including phenoxy) is 2. The Hall–Kier alpha value is -4.74. The topological polar surface area (TPSA) is 103 Å². The third-order valence-corrected chi connectivity index (χ3v) is 8.23. The summed E-state index contributed by atoms with van der Waals surface area (Å²) in [5.74, 6) is -0.370. The van der Waals surface area contributed by atoms with E-state index in [0.717, 1.165) is 50.0 Å². The van der Waals surface area contributed by atoms with Gasteiger partial charge in [0.1, 0.15) is 16.8 Å². The van der Waals surface area contributed by atoms with Crippen LogP contribution in [0.25, 0.3) is 27.4 Å². The van der Waals surface area contributed by atoms with Gasteiger partial charge < -0.3 is 29.2 Å². The van der Waals surface area contributed by atoms with Gasteiger partial charge in [0, 0.05) is 51.3 Å². The minimum absolute atomic E-state index is 0.0577. The molecule has 2 aromatic heterocycles. The van der Waals surface area contributed by atoms with Gasteiger partial charge in [-0.3, -0.25) is 14.5 Å². The zero-order valence-electron chi connectivity index (χ0n) is 24.2. The van der Waals surface area contributed by atoms with E-state index in [-0.39, 0.29) is 22.4 Å². The molecule has 2 aliphatic rings. The summed E-state index contributed by atoms with van der Waals surface area (Å²) < 4.78 is 31.3. The van der Waals surface area contributed by atoms with Crippen molar-refractivity contribution in [2.24, 2.45) is 0 Å². The normalized spacial score (nSPS) is 14.4. The molecule has 10 nitrogen and oxygen atoms in total. The Labute approximate surface area is 253 Å². The van der Waals surface area contributed by atoms with Gasteiger partial charge in [0.05, 0.1) is 30.6 Å². The number of anilines is 1. The van der Waals surface area contributed by atoms with Crippen molar-refractivity contribution in [1.29, 1.82) is 0 Å². The minimum Gasteiger partial charge on any atom is -0.451 e. The van der Waals surface area contributed by atoms with E-state index in [1.54, 1.807) is 23.3 Å². The fourth-order valence-electron chi connectivity index (χ4n) is 5.95. The molecule has 226 valence electrons. The van der Waals surface area contributed by atoms with Crippen LogP contribution in [0.15, 0.2) is 72.2 Å². The van der Waals surface area contributed by atoms with E-state index >= 15 is 4.39 Å². The number of nitrogens with one attached hydrogen (secondary N) is 2. The highest BCUT2D eigenvalue weighted by Crippen LogP contribution is 2.46. The molecular weight excluding hydrogens is 563 g/mol. The Morgan fingerprint density at radius 3 is 2.61 bits per heavy atom. The fourth-order valence-corrected chi connectivity index (χ4v) is 5.95. The second-order valence-corrected chi connectivity index (χ2v) is 11.1. The van der Waals surface area contributed by atoms with Crippen LogP contribution in [0.1, 0.15) is 23.2 Å². The average molecular weight is 597 g/mol. The van der Waals surface area contributed by atoms with Gasteiger partial charge >= 0.3 is 0 Å². The monoisotopic (exact) mass is 596 g/mol. The highest BCUT2D eigenvalue weighted by atomic mass is 19.1. The van der Waals surface area contributed by atoms with Gasteiger partial charge in [-0.15, -0.1) is 0 Å². The number of pyridine rings is 1. The van der Waals surface area contributed by atoms with Crippen LogP contribution in [0.4, 0.5) is 10.1 Å². The number of hydrogen-bond acceptors (Lipinski definition) is 7. The Bertz CT molecular complexity index is 1900. The molecule has 2 N–H and O–H groups in total. The number of amides is 1. The van der Waals surface area contributed by atoms with E-state index in [1.165, 1.54) is 6.07 Å². The maximum atomic E-state index is 15.8. The van der Waals surface area contributed by atoms with E-state index < -0.39 is 17.2 Å². The molecule has 0 unspecified atom stereocenters. The average Bonchev–Trinajstić information content (AvgIpc) is 3.57. The first-order valence-electron chi connectivity index (χ1n) is 15.0. The first-order valence-corrected chi connectivity index (χ1v) is 15.0.